The van der Waals surface area contributed by atoms with E-state index in [0.717, 1.165) is 88.8 Å². The van der Waals surface area contributed by atoms with Gasteiger partial charge in [-0.1, -0.05) is 13.8 Å². The van der Waals surface area contributed by atoms with Gasteiger partial charge in [0.1, 0.15) is 17.9 Å². The summed E-state index contributed by atoms with van der Waals surface area (Å²) in [6.45, 7) is 13.1. The van der Waals surface area contributed by atoms with Crippen molar-refractivity contribution in [3.05, 3.63) is 44.4 Å². The van der Waals surface area contributed by atoms with Gasteiger partial charge in [0.15, 0.2) is 11.5 Å². The zero-order chi connectivity index (χ0) is 28.1. The van der Waals surface area contributed by atoms with E-state index >= 15 is 4.39 Å². The van der Waals surface area contributed by atoms with Gasteiger partial charge in [-0.25, -0.2) is 28.4 Å². The Morgan fingerprint density at radius 2 is 1.57 bits per heavy atom. The van der Waals surface area contributed by atoms with Crippen LogP contribution >= 0.6 is 0 Å². The standard InChI is InChI=1S/C26H36FN9O4/c1-3-29-7-11-31(12-8-29)35(32-13-9-30(4-2)10-14-32)17-34-26(40)36-23(28-34)21(27)15-19-22(37)20(25(38)39)16-33(24(19)36)18-5-6-18/h15-16,18H,3-14,17H2,1-2H3,(H,38,39). The van der Waals surface area contributed by atoms with Gasteiger partial charge in [0, 0.05) is 64.6 Å². The Kier molecular flexibility index (Phi) is 7.21. The Balaban J connectivity index is 1.44. The largest absolute Gasteiger partial charge is 0.477 e. The molecule has 3 fully saturated rings. The molecule has 2 saturated heterocycles. The zero-order valence-corrected chi connectivity index (χ0v) is 23.0. The van der Waals surface area contributed by atoms with Crippen molar-refractivity contribution >= 4 is 22.6 Å². The van der Waals surface area contributed by atoms with Gasteiger partial charge >= 0.3 is 11.7 Å². The van der Waals surface area contributed by atoms with Gasteiger partial charge in [-0.2, -0.15) is 9.80 Å². The number of carboxylic acid groups (broad SMARTS) is 1. The predicted octanol–water partition coefficient (Wildman–Crippen LogP) is 0.348. The van der Waals surface area contributed by atoms with Crippen LogP contribution in [-0.2, 0) is 6.67 Å². The molecular weight excluding hydrogens is 521 g/mol. The first kappa shape index (κ1) is 27.0. The first-order chi connectivity index (χ1) is 19.3. The fraction of sp³-hybridized carbons (Fsp3) is 0.615. The molecule has 5 heterocycles. The molecule has 13 nitrogen and oxygen atoms in total. The number of carbonyl (C=O) groups is 1. The second kappa shape index (κ2) is 10.7. The van der Waals surface area contributed by atoms with E-state index in [1.165, 1.54) is 10.9 Å². The molecule has 0 spiro atoms. The minimum atomic E-state index is -1.38. The number of carboxylic acids is 1. The fourth-order valence-corrected chi connectivity index (χ4v) is 5.88. The summed E-state index contributed by atoms with van der Waals surface area (Å²) in [6.07, 6.45) is 2.83. The van der Waals surface area contributed by atoms with Crippen molar-refractivity contribution in [3.63, 3.8) is 0 Å². The van der Waals surface area contributed by atoms with E-state index in [9.17, 15) is 19.5 Å². The molecule has 1 aliphatic carbocycles. The summed E-state index contributed by atoms with van der Waals surface area (Å²) in [4.78, 5) is 43.5. The molecule has 40 heavy (non-hydrogen) atoms. The van der Waals surface area contributed by atoms with Crippen molar-refractivity contribution in [2.45, 2.75) is 39.4 Å². The maximum absolute atomic E-state index is 15.4. The Hall–Kier alpha value is -3.17. The summed E-state index contributed by atoms with van der Waals surface area (Å²) in [5, 5.41) is 20.4. The Morgan fingerprint density at radius 1 is 1.00 bits per heavy atom. The minimum Gasteiger partial charge on any atom is -0.477 e. The number of likely N-dealkylation sites (N-methyl/N-ethyl adjacent to an activating group) is 2. The lowest BCUT2D eigenvalue weighted by molar-refractivity contribution is -0.227. The average molecular weight is 558 g/mol. The number of piperazine rings is 2. The predicted molar refractivity (Wildman–Crippen MR) is 146 cm³/mol. The molecule has 3 aromatic heterocycles. The van der Waals surface area contributed by atoms with Gasteiger partial charge in [0.25, 0.3) is 0 Å². The summed E-state index contributed by atoms with van der Waals surface area (Å²) in [5.41, 5.74) is -1.82. The monoisotopic (exact) mass is 557 g/mol. The normalized spacial score (nSPS) is 20.3. The highest BCUT2D eigenvalue weighted by atomic mass is 19.1. The molecule has 0 amide bonds. The molecule has 1 saturated carbocycles. The highest BCUT2D eigenvalue weighted by Crippen LogP contribution is 2.37. The number of hydrazine groups is 2. The van der Waals surface area contributed by atoms with Crippen molar-refractivity contribution in [2.75, 3.05) is 65.4 Å². The number of aromatic carboxylic acids is 1. The molecule has 3 aromatic rings. The van der Waals surface area contributed by atoms with Crippen molar-refractivity contribution in [3.8, 4) is 0 Å². The second-order valence-corrected chi connectivity index (χ2v) is 10.8. The molecule has 2 aliphatic heterocycles. The highest BCUT2D eigenvalue weighted by molar-refractivity contribution is 5.92. The molecule has 0 bridgehead atoms. The van der Waals surface area contributed by atoms with E-state index < -0.39 is 28.5 Å². The molecule has 6 rings (SSSR count). The van der Waals surface area contributed by atoms with Crippen molar-refractivity contribution < 1.29 is 14.3 Å². The first-order valence-electron chi connectivity index (χ1n) is 14.1. The molecule has 216 valence electrons. The molecule has 14 heteroatoms. The van der Waals surface area contributed by atoms with Crippen molar-refractivity contribution in [1.82, 2.24) is 43.7 Å². The number of nitrogens with zero attached hydrogens (tertiary/aromatic N) is 9. The van der Waals surface area contributed by atoms with Crippen LogP contribution in [0.3, 0.4) is 0 Å². The van der Waals surface area contributed by atoms with Gasteiger partial charge in [0.05, 0.1) is 5.39 Å². The average Bonchev–Trinajstić information content (AvgIpc) is 3.76. The summed E-state index contributed by atoms with van der Waals surface area (Å²) in [6, 6.07) is 0.951. The van der Waals surface area contributed by atoms with Crippen LogP contribution in [-0.4, -0.2) is 120 Å². The maximum Gasteiger partial charge on any atom is 0.353 e. The molecular formula is C26H36FN9O4. The second-order valence-electron chi connectivity index (χ2n) is 10.8. The number of halogens is 1. The van der Waals surface area contributed by atoms with E-state index in [-0.39, 0.29) is 29.4 Å². The summed E-state index contributed by atoms with van der Waals surface area (Å²) < 4.78 is 19.4. The Morgan fingerprint density at radius 3 is 2.08 bits per heavy atom. The zero-order valence-electron chi connectivity index (χ0n) is 23.0. The van der Waals surface area contributed by atoms with Gasteiger partial charge in [-0.05, 0) is 32.0 Å². The summed E-state index contributed by atoms with van der Waals surface area (Å²) in [5.74, 6) is -2.23. The van der Waals surface area contributed by atoms with E-state index in [0.29, 0.717) is 0 Å². The van der Waals surface area contributed by atoms with E-state index in [1.807, 2.05) is 0 Å². The molecule has 0 radical (unpaired) electrons. The minimum absolute atomic E-state index is 0.0636. The highest BCUT2D eigenvalue weighted by Gasteiger charge is 2.32. The number of pyridine rings is 2. The lowest BCUT2D eigenvalue weighted by Gasteiger charge is -2.47. The van der Waals surface area contributed by atoms with E-state index in [2.05, 4.69) is 43.9 Å². The van der Waals surface area contributed by atoms with E-state index in [4.69, 9.17) is 0 Å². The van der Waals surface area contributed by atoms with Crippen LogP contribution in [0.15, 0.2) is 21.9 Å². The van der Waals surface area contributed by atoms with Crippen LogP contribution in [0.4, 0.5) is 4.39 Å². The number of hydrogen-bond donors (Lipinski definition) is 1. The number of fused-ring (bicyclic) bond motifs is 3. The topological polar surface area (TPSA) is 115 Å². The lowest BCUT2D eigenvalue weighted by Crippen LogP contribution is -2.63. The Labute approximate surface area is 230 Å². The third kappa shape index (κ3) is 4.73. The van der Waals surface area contributed by atoms with Gasteiger partial charge in [0.2, 0.25) is 5.43 Å². The smallest absolute Gasteiger partial charge is 0.353 e. The van der Waals surface area contributed by atoms with Crippen molar-refractivity contribution in [2.24, 2.45) is 0 Å². The van der Waals surface area contributed by atoms with Gasteiger partial charge < -0.3 is 19.5 Å². The maximum atomic E-state index is 15.4. The SMILES string of the molecule is CCN1CCN(N(Cn2nc3c(F)cc4c(=O)c(C(=O)O)cn(C5CC5)c4n3c2=O)N2CCN(CC)CC2)CC1. The quantitative estimate of drug-likeness (QED) is 0.416. The molecule has 1 N–H and O–H groups in total. The van der Waals surface area contributed by atoms with Crippen LogP contribution < -0.4 is 11.1 Å². The third-order valence-corrected chi connectivity index (χ3v) is 8.45. The number of hydrogen-bond acceptors (Lipinski definition) is 9. The van der Waals surface area contributed by atoms with Crippen molar-refractivity contribution in [1.29, 1.82) is 0 Å². The van der Waals surface area contributed by atoms with Crippen LogP contribution in [0.5, 0.6) is 0 Å². The van der Waals surface area contributed by atoms with Crippen LogP contribution in [0, 0.1) is 5.82 Å². The summed E-state index contributed by atoms with van der Waals surface area (Å²) >= 11 is 0. The van der Waals surface area contributed by atoms with Gasteiger partial charge in [-0.3, -0.25) is 4.79 Å². The molecule has 3 aliphatic rings. The fourth-order valence-electron chi connectivity index (χ4n) is 5.88. The first-order valence-corrected chi connectivity index (χ1v) is 14.1. The Bertz CT molecular complexity index is 1520. The van der Waals surface area contributed by atoms with Crippen LogP contribution in [0.1, 0.15) is 43.1 Å². The van der Waals surface area contributed by atoms with Crippen LogP contribution in [0.2, 0.25) is 0 Å². The molecule has 0 aromatic carbocycles. The molecule has 0 atom stereocenters. The molecule has 0 unspecified atom stereocenters. The lowest BCUT2D eigenvalue weighted by atomic mass is 10.2. The van der Waals surface area contributed by atoms with E-state index in [1.54, 1.807) is 4.57 Å². The van der Waals surface area contributed by atoms with Gasteiger partial charge in [-0.15, -0.1) is 5.10 Å². The third-order valence-electron chi connectivity index (χ3n) is 8.45. The number of rotatable bonds is 8. The van der Waals surface area contributed by atoms with Crippen LogP contribution in [0.25, 0.3) is 16.7 Å². The number of aromatic nitrogens is 4. The summed E-state index contributed by atoms with van der Waals surface area (Å²) in [7, 11) is 0.